The number of ether oxygens (including phenoxy) is 1. The molecule has 0 aliphatic heterocycles. The van der Waals surface area contributed by atoms with Crippen molar-refractivity contribution in [2.75, 3.05) is 7.11 Å². The third-order valence-corrected chi connectivity index (χ3v) is 3.17. The first-order chi connectivity index (χ1) is 7.79. The van der Waals surface area contributed by atoms with Crippen LogP contribution in [0.5, 0.6) is 5.75 Å². The molecule has 84 valence electrons. The minimum Gasteiger partial charge on any atom is -0.495 e. The Labute approximate surface area is 98.9 Å². The number of aromatic nitrogens is 1. The van der Waals surface area contributed by atoms with Crippen molar-refractivity contribution in [1.29, 1.82) is 0 Å². The van der Waals surface area contributed by atoms with Crippen LogP contribution in [0.3, 0.4) is 0 Å². The monoisotopic (exact) mass is 234 g/mol. The minimum absolute atomic E-state index is 0.0304. The third-order valence-electron chi connectivity index (χ3n) is 2.43. The van der Waals surface area contributed by atoms with Crippen molar-refractivity contribution >= 4 is 11.3 Å². The molecule has 2 aromatic heterocycles. The van der Waals surface area contributed by atoms with Gasteiger partial charge < -0.3 is 10.5 Å². The highest BCUT2D eigenvalue weighted by molar-refractivity contribution is 7.07. The second-order valence-corrected chi connectivity index (χ2v) is 4.38. The van der Waals surface area contributed by atoms with Gasteiger partial charge in [0.15, 0.2) is 0 Å². The van der Waals surface area contributed by atoms with E-state index in [1.54, 1.807) is 30.8 Å². The van der Waals surface area contributed by atoms with Gasteiger partial charge in [-0.2, -0.15) is 11.3 Å². The van der Waals surface area contributed by atoms with Crippen LogP contribution in [0.1, 0.15) is 17.2 Å². The van der Waals surface area contributed by atoms with Crippen LogP contribution in [0, 0.1) is 0 Å². The molecule has 0 aromatic carbocycles. The fourth-order valence-electron chi connectivity index (χ4n) is 1.53. The zero-order chi connectivity index (χ0) is 11.4. The molecule has 0 spiro atoms. The molecule has 0 fully saturated rings. The fourth-order valence-corrected chi connectivity index (χ4v) is 2.21. The number of pyridine rings is 1. The van der Waals surface area contributed by atoms with E-state index in [1.165, 1.54) is 5.56 Å². The van der Waals surface area contributed by atoms with Crippen molar-refractivity contribution in [2.24, 2.45) is 5.73 Å². The van der Waals surface area contributed by atoms with Gasteiger partial charge in [-0.05, 0) is 40.4 Å². The van der Waals surface area contributed by atoms with Gasteiger partial charge in [-0.15, -0.1) is 0 Å². The second kappa shape index (κ2) is 5.09. The summed E-state index contributed by atoms with van der Waals surface area (Å²) < 4.78 is 5.12. The van der Waals surface area contributed by atoms with E-state index in [-0.39, 0.29) is 6.04 Å². The lowest BCUT2D eigenvalue weighted by atomic mass is 10.0. The van der Waals surface area contributed by atoms with Crippen LogP contribution >= 0.6 is 11.3 Å². The van der Waals surface area contributed by atoms with E-state index in [1.807, 2.05) is 6.07 Å². The Morgan fingerprint density at radius 1 is 1.50 bits per heavy atom. The summed E-state index contributed by atoms with van der Waals surface area (Å²) >= 11 is 1.69. The van der Waals surface area contributed by atoms with Crippen molar-refractivity contribution < 1.29 is 4.74 Å². The Kier molecular flexibility index (Phi) is 3.54. The van der Waals surface area contributed by atoms with Gasteiger partial charge in [0.05, 0.1) is 13.3 Å². The Balaban J connectivity index is 2.11. The van der Waals surface area contributed by atoms with Gasteiger partial charge in [0.1, 0.15) is 5.75 Å². The largest absolute Gasteiger partial charge is 0.495 e. The molecule has 2 N–H and O–H groups in total. The maximum absolute atomic E-state index is 6.12. The Bertz CT molecular complexity index is 442. The molecule has 0 radical (unpaired) electrons. The van der Waals surface area contributed by atoms with E-state index in [2.05, 4.69) is 21.8 Å². The normalized spacial score (nSPS) is 12.4. The molecule has 2 heterocycles. The molecular formula is C12H14N2OS. The number of hydrogen-bond acceptors (Lipinski definition) is 4. The van der Waals surface area contributed by atoms with E-state index in [4.69, 9.17) is 10.5 Å². The molecule has 4 heteroatoms. The highest BCUT2D eigenvalue weighted by atomic mass is 32.1. The van der Waals surface area contributed by atoms with Gasteiger partial charge in [0.2, 0.25) is 0 Å². The molecule has 1 atom stereocenters. The Morgan fingerprint density at radius 3 is 3.06 bits per heavy atom. The lowest BCUT2D eigenvalue weighted by Gasteiger charge is -2.11. The van der Waals surface area contributed by atoms with Crippen LogP contribution in [0.2, 0.25) is 0 Å². The molecule has 1 unspecified atom stereocenters. The van der Waals surface area contributed by atoms with Crippen molar-refractivity contribution in [3.63, 3.8) is 0 Å². The molecule has 0 saturated carbocycles. The number of thiophene rings is 1. The van der Waals surface area contributed by atoms with Crippen molar-refractivity contribution in [1.82, 2.24) is 4.98 Å². The first-order valence-electron chi connectivity index (χ1n) is 5.05. The predicted molar refractivity (Wildman–Crippen MR) is 65.7 cm³/mol. The quantitative estimate of drug-likeness (QED) is 0.883. The van der Waals surface area contributed by atoms with Crippen LogP contribution in [-0.2, 0) is 6.42 Å². The van der Waals surface area contributed by atoms with E-state index in [0.29, 0.717) is 0 Å². The van der Waals surface area contributed by atoms with E-state index in [0.717, 1.165) is 17.7 Å². The summed E-state index contributed by atoms with van der Waals surface area (Å²) in [4.78, 5) is 4.10. The summed E-state index contributed by atoms with van der Waals surface area (Å²) in [6, 6.07) is 4.00. The van der Waals surface area contributed by atoms with Gasteiger partial charge in [0.25, 0.3) is 0 Å². The molecule has 0 bridgehead atoms. The highest BCUT2D eigenvalue weighted by Gasteiger charge is 2.08. The van der Waals surface area contributed by atoms with Gasteiger partial charge in [0, 0.05) is 12.2 Å². The summed E-state index contributed by atoms with van der Waals surface area (Å²) in [6.07, 6.45) is 4.30. The number of nitrogens with two attached hydrogens (primary N) is 1. The average Bonchev–Trinajstić information content (AvgIpc) is 2.82. The first kappa shape index (κ1) is 11.1. The minimum atomic E-state index is -0.0304. The lowest BCUT2D eigenvalue weighted by molar-refractivity contribution is 0.411. The van der Waals surface area contributed by atoms with Crippen LogP contribution in [0.15, 0.2) is 35.3 Å². The standard InChI is InChI=1S/C12H14N2OS/c1-15-11-5-10(6-14-7-11)12(13)4-9-2-3-16-8-9/h2-3,5-8,12H,4,13H2,1H3. The lowest BCUT2D eigenvalue weighted by Crippen LogP contribution is -2.13. The predicted octanol–water partition coefficient (Wildman–Crippen LogP) is 2.39. The van der Waals surface area contributed by atoms with E-state index >= 15 is 0 Å². The second-order valence-electron chi connectivity index (χ2n) is 3.60. The van der Waals surface area contributed by atoms with E-state index < -0.39 is 0 Å². The molecule has 2 aromatic rings. The van der Waals surface area contributed by atoms with Gasteiger partial charge >= 0.3 is 0 Å². The Hall–Kier alpha value is -1.39. The molecule has 0 aliphatic rings. The maximum atomic E-state index is 6.12. The molecule has 0 saturated heterocycles. The number of methoxy groups -OCH3 is 1. The number of nitrogens with zero attached hydrogens (tertiary/aromatic N) is 1. The van der Waals surface area contributed by atoms with Crippen molar-refractivity contribution in [2.45, 2.75) is 12.5 Å². The van der Waals surface area contributed by atoms with Crippen LogP contribution in [0.4, 0.5) is 0 Å². The number of hydrogen-bond donors (Lipinski definition) is 1. The summed E-state index contributed by atoms with van der Waals surface area (Å²) in [5.41, 5.74) is 8.39. The maximum Gasteiger partial charge on any atom is 0.137 e. The summed E-state index contributed by atoms with van der Waals surface area (Å²) in [5, 5.41) is 4.18. The van der Waals surface area contributed by atoms with E-state index in [9.17, 15) is 0 Å². The van der Waals surface area contributed by atoms with Crippen LogP contribution in [-0.4, -0.2) is 12.1 Å². The molecule has 0 aliphatic carbocycles. The number of rotatable bonds is 4. The van der Waals surface area contributed by atoms with Gasteiger partial charge in [-0.25, -0.2) is 0 Å². The van der Waals surface area contributed by atoms with Gasteiger partial charge in [-0.1, -0.05) is 0 Å². The fraction of sp³-hybridized carbons (Fsp3) is 0.250. The van der Waals surface area contributed by atoms with Crippen molar-refractivity contribution in [3.8, 4) is 5.75 Å². The van der Waals surface area contributed by atoms with Crippen LogP contribution < -0.4 is 10.5 Å². The molecular weight excluding hydrogens is 220 g/mol. The summed E-state index contributed by atoms with van der Waals surface area (Å²) in [6.45, 7) is 0. The molecule has 2 rings (SSSR count). The zero-order valence-electron chi connectivity index (χ0n) is 9.09. The van der Waals surface area contributed by atoms with Crippen LogP contribution in [0.25, 0.3) is 0 Å². The topological polar surface area (TPSA) is 48.1 Å². The van der Waals surface area contributed by atoms with Crippen molar-refractivity contribution in [3.05, 3.63) is 46.4 Å². The third kappa shape index (κ3) is 2.59. The molecule has 3 nitrogen and oxygen atoms in total. The Morgan fingerprint density at radius 2 is 2.38 bits per heavy atom. The average molecular weight is 234 g/mol. The SMILES string of the molecule is COc1cncc(C(N)Cc2ccsc2)c1. The molecule has 0 amide bonds. The zero-order valence-corrected chi connectivity index (χ0v) is 9.91. The van der Waals surface area contributed by atoms with Gasteiger partial charge in [-0.3, -0.25) is 4.98 Å². The highest BCUT2D eigenvalue weighted by Crippen LogP contribution is 2.20. The summed E-state index contributed by atoms with van der Waals surface area (Å²) in [7, 11) is 1.63. The molecule has 16 heavy (non-hydrogen) atoms. The smallest absolute Gasteiger partial charge is 0.137 e. The summed E-state index contributed by atoms with van der Waals surface area (Å²) in [5.74, 6) is 0.748. The first-order valence-corrected chi connectivity index (χ1v) is 5.99.